The number of thioether (sulfide) groups is 1. The maximum atomic E-state index is 11.8. The first-order valence-electron chi connectivity index (χ1n) is 6.93. The van der Waals surface area contributed by atoms with E-state index in [0.29, 0.717) is 18.9 Å². The van der Waals surface area contributed by atoms with Crippen LogP contribution in [0.15, 0.2) is 11.4 Å². The normalized spacial score (nSPS) is 13.6. The molecule has 0 atom stereocenters. The molecule has 0 fully saturated rings. The number of carbonyl (C=O) groups excluding carboxylic acids is 1. The van der Waals surface area contributed by atoms with Crippen LogP contribution in [0.2, 0.25) is 0 Å². The Kier molecular flexibility index (Phi) is 4.72. The predicted molar refractivity (Wildman–Crippen MR) is 85.0 cm³/mol. The van der Waals surface area contributed by atoms with Crippen LogP contribution in [0.4, 0.5) is 0 Å². The molecule has 1 N–H and O–H groups in total. The lowest BCUT2D eigenvalue weighted by molar-refractivity contribution is -0.118. The molecule has 2 heterocycles. The van der Waals surface area contributed by atoms with Gasteiger partial charge in [0.05, 0.1) is 12.4 Å². The molecule has 0 aromatic carbocycles. The number of amides is 1. The Balaban J connectivity index is 1.71. The van der Waals surface area contributed by atoms with Crippen LogP contribution in [0.1, 0.15) is 16.9 Å². The summed E-state index contributed by atoms with van der Waals surface area (Å²) in [6.45, 7) is 1.08. The third kappa shape index (κ3) is 3.20. The Bertz CT molecular complexity index is 657. The summed E-state index contributed by atoms with van der Waals surface area (Å²) in [4.78, 5) is 23.0. The van der Waals surface area contributed by atoms with E-state index in [0.717, 1.165) is 22.7 Å². The van der Waals surface area contributed by atoms with Crippen molar-refractivity contribution in [2.75, 3.05) is 26.0 Å². The van der Waals surface area contributed by atoms with Gasteiger partial charge in [0.2, 0.25) is 5.91 Å². The van der Waals surface area contributed by atoms with Gasteiger partial charge in [0.25, 0.3) is 0 Å². The van der Waals surface area contributed by atoms with E-state index in [9.17, 15) is 4.79 Å². The van der Waals surface area contributed by atoms with E-state index in [4.69, 9.17) is 4.74 Å². The van der Waals surface area contributed by atoms with Crippen molar-refractivity contribution < 1.29 is 9.53 Å². The van der Waals surface area contributed by atoms with E-state index < -0.39 is 0 Å². The molecular formula is C14H17N3O2S2. The van der Waals surface area contributed by atoms with E-state index >= 15 is 0 Å². The third-order valence-corrected chi connectivity index (χ3v) is 5.62. The zero-order valence-electron chi connectivity index (χ0n) is 11.8. The van der Waals surface area contributed by atoms with Crippen molar-refractivity contribution in [1.29, 1.82) is 0 Å². The van der Waals surface area contributed by atoms with Crippen LogP contribution < -0.4 is 5.32 Å². The second kappa shape index (κ2) is 6.72. The highest BCUT2D eigenvalue weighted by Gasteiger charge is 2.21. The Morgan fingerprint density at radius 1 is 1.48 bits per heavy atom. The number of methoxy groups -OCH3 is 1. The summed E-state index contributed by atoms with van der Waals surface area (Å²) in [5, 5.41) is 4.93. The molecule has 1 amide bonds. The maximum Gasteiger partial charge on any atom is 0.230 e. The minimum absolute atomic E-state index is 0.00990. The second-order valence-corrected chi connectivity index (χ2v) is 6.90. The molecule has 2 aromatic heterocycles. The average molecular weight is 323 g/mol. The lowest BCUT2D eigenvalue weighted by Crippen LogP contribution is -2.28. The minimum atomic E-state index is 0.00990. The molecule has 0 unspecified atom stereocenters. The standard InChI is InChI=1S/C14H17N3O2S2/c1-19-6-5-15-11(18)7-20-13-12-9-3-2-4-10(9)21-14(12)17-8-16-13/h8H,2-7H2,1H3,(H,15,18). The lowest BCUT2D eigenvalue weighted by Gasteiger charge is -2.05. The predicted octanol–water partition coefficient (Wildman–Crippen LogP) is 2.03. The molecule has 0 radical (unpaired) electrons. The molecule has 1 aliphatic rings. The SMILES string of the molecule is COCCNC(=O)CSc1ncnc2sc3c(c12)CCC3. The van der Waals surface area contributed by atoms with E-state index in [1.54, 1.807) is 24.8 Å². The fraction of sp³-hybridized carbons (Fsp3) is 0.500. The van der Waals surface area contributed by atoms with E-state index in [-0.39, 0.29) is 5.91 Å². The summed E-state index contributed by atoms with van der Waals surface area (Å²) in [7, 11) is 1.62. The van der Waals surface area contributed by atoms with Gasteiger partial charge in [-0.3, -0.25) is 4.79 Å². The van der Waals surface area contributed by atoms with E-state index in [2.05, 4.69) is 15.3 Å². The number of nitrogens with zero attached hydrogens (tertiary/aromatic N) is 2. The van der Waals surface area contributed by atoms with Gasteiger partial charge in [-0.05, 0) is 24.8 Å². The average Bonchev–Trinajstić information content (AvgIpc) is 3.05. The highest BCUT2D eigenvalue weighted by Crippen LogP contribution is 2.39. The summed E-state index contributed by atoms with van der Waals surface area (Å²) in [5.74, 6) is 0.385. The van der Waals surface area contributed by atoms with Crippen molar-refractivity contribution in [3.8, 4) is 0 Å². The molecule has 112 valence electrons. The van der Waals surface area contributed by atoms with Crippen LogP contribution in [0.25, 0.3) is 10.2 Å². The molecule has 5 nitrogen and oxygen atoms in total. The first-order chi connectivity index (χ1) is 10.3. The Hall–Kier alpha value is -1.18. The van der Waals surface area contributed by atoms with Crippen LogP contribution in [-0.4, -0.2) is 41.9 Å². The van der Waals surface area contributed by atoms with Crippen LogP contribution in [0.5, 0.6) is 0 Å². The van der Waals surface area contributed by atoms with Gasteiger partial charge in [-0.2, -0.15) is 0 Å². The van der Waals surface area contributed by atoms with Crippen LogP contribution in [-0.2, 0) is 22.4 Å². The zero-order chi connectivity index (χ0) is 14.7. The monoisotopic (exact) mass is 323 g/mol. The largest absolute Gasteiger partial charge is 0.383 e. The summed E-state index contributed by atoms with van der Waals surface area (Å²) in [5.41, 5.74) is 1.40. The van der Waals surface area contributed by atoms with Gasteiger partial charge in [0, 0.05) is 23.9 Å². The van der Waals surface area contributed by atoms with Crippen LogP contribution in [0, 0.1) is 0 Å². The first kappa shape index (κ1) is 14.7. The van der Waals surface area contributed by atoms with E-state index in [1.165, 1.54) is 34.0 Å². The van der Waals surface area contributed by atoms with Gasteiger partial charge in [-0.1, -0.05) is 11.8 Å². The number of hydrogen-bond acceptors (Lipinski definition) is 6. The highest BCUT2D eigenvalue weighted by molar-refractivity contribution is 8.00. The van der Waals surface area contributed by atoms with E-state index in [1.807, 2.05) is 0 Å². The molecule has 0 bridgehead atoms. The van der Waals surface area contributed by atoms with Gasteiger partial charge < -0.3 is 10.1 Å². The molecule has 7 heteroatoms. The Morgan fingerprint density at radius 2 is 2.38 bits per heavy atom. The maximum absolute atomic E-state index is 11.8. The molecule has 0 spiro atoms. The summed E-state index contributed by atoms with van der Waals surface area (Å²) >= 11 is 3.26. The number of aromatic nitrogens is 2. The van der Waals surface area contributed by atoms with Crippen molar-refractivity contribution >= 4 is 39.2 Å². The van der Waals surface area contributed by atoms with Crippen LogP contribution in [0.3, 0.4) is 0 Å². The number of nitrogens with one attached hydrogen (secondary N) is 1. The number of aryl methyl sites for hydroxylation is 2. The lowest BCUT2D eigenvalue weighted by atomic mass is 10.2. The first-order valence-corrected chi connectivity index (χ1v) is 8.73. The summed E-state index contributed by atoms with van der Waals surface area (Å²) in [6, 6.07) is 0. The second-order valence-electron chi connectivity index (χ2n) is 4.85. The molecule has 0 aliphatic heterocycles. The molecule has 0 saturated heterocycles. The van der Waals surface area contributed by atoms with Crippen molar-refractivity contribution in [3.05, 3.63) is 16.8 Å². The minimum Gasteiger partial charge on any atom is -0.383 e. The number of ether oxygens (including phenoxy) is 1. The number of hydrogen-bond donors (Lipinski definition) is 1. The van der Waals surface area contributed by atoms with Gasteiger partial charge in [0.15, 0.2) is 0 Å². The molecule has 0 saturated carbocycles. The number of rotatable bonds is 6. The summed E-state index contributed by atoms with van der Waals surface area (Å²) < 4.78 is 4.91. The van der Waals surface area contributed by atoms with Gasteiger partial charge in [0.1, 0.15) is 16.2 Å². The van der Waals surface area contributed by atoms with Crippen molar-refractivity contribution in [2.24, 2.45) is 0 Å². The van der Waals surface area contributed by atoms with Crippen molar-refractivity contribution in [1.82, 2.24) is 15.3 Å². The van der Waals surface area contributed by atoms with Crippen molar-refractivity contribution in [2.45, 2.75) is 24.3 Å². The molecule has 3 rings (SSSR count). The fourth-order valence-corrected chi connectivity index (χ4v) is 4.64. The topological polar surface area (TPSA) is 64.1 Å². The smallest absolute Gasteiger partial charge is 0.230 e. The summed E-state index contributed by atoms with van der Waals surface area (Å²) in [6.07, 6.45) is 5.07. The number of carbonyl (C=O) groups is 1. The Morgan fingerprint density at radius 3 is 3.24 bits per heavy atom. The quantitative estimate of drug-likeness (QED) is 0.501. The number of fused-ring (bicyclic) bond motifs is 3. The number of thiophene rings is 1. The van der Waals surface area contributed by atoms with Crippen molar-refractivity contribution in [3.63, 3.8) is 0 Å². The molecule has 21 heavy (non-hydrogen) atoms. The van der Waals surface area contributed by atoms with Gasteiger partial charge >= 0.3 is 0 Å². The molecule has 2 aromatic rings. The molecular weight excluding hydrogens is 306 g/mol. The van der Waals surface area contributed by atoms with Gasteiger partial charge in [-0.15, -0.1) is 11.3 Å². The fourth-order valence-electron chi connectivity index (χ4n) is 2.49. The highest BCUT2D eigenvalue weighted by atomic mass is 32.2. The zero-order valence-corrected chi connectivity index (χ0v) is 13.5. The molecule has 1 aliphatic carbocycles. The Labute approximate surface area is 131 Å². The van der Waals surface area contributed by atoms with Crippen LogP contribution >= 0.6 is 23.1 Å². The third-order valence-electron chi connectivity index (χ3n) is 3.43. The van der Waals surface area contributed by atoms with Gasteiger partial charge in [-0.25, -0.2) is 9.97 Å².